The smallest absolute Gasteiger partial charge is 0.338 e. The van der Waals surface area contributed by atoms with Crippen molar-refractivity contribution in [2.45, 2.75) is 46.1 Å². The van der Waals surface area contributed by atoms with Crippen LogP contribution in [0.25, 0.3) is 11.0 Å². The number of rotatable bonds is 4. The second kappa shape index (κ2) is 7.15. The van der Waals surface area contributed by atoms with E-state index in [2.05, 4.69) is 9.97 Å². The van der Waals surface area contributed by atoms with E-state index in [1.807, 2.05) is 32.0 Å². The molecule has 0 bridgehead atoms. The molecule has 1 atom stereocenters. The highest BCUT2D eigenvalue weighted by atomic mass is 16.5. The van der Waals surface area contributed by atoms with E-state index in [-0.39, 0.29) is 5.78 Å². The maximum absolute atomic E-state index is 12.7. The van der Waals surface area contributed by atoms with Gasteiger partial charge in [0.15, 0.2) is 6.10 Å². The summed E-state index contributed by atoms with van der Waals surface area (Å²) in [5, 5.41) is 0. The molecule has 0 saturated heterocycles. The maximum Gasteiger partial charge on any atom is 0.338 e. The number of hydrogen-bond donors (Lipinski definition) is 0. The van der Waals surface area contributed by atoms with Crippen molar-refractivity contribution >= 4 is 22.8 Å². The van der Waals surface area contributed by atoms with E-state index in [0.717, 1.165) is 36.2 Å². The first kappa shape index (κ1) is 18.3. The minimum Gasteiger partial charge on any atom is -0.451 e. The molecule has 0 fully saturated rings. The van der Waals surface area contributed by atoms with Gasteiger partial charge in [0.25, 0.3) is 0 Å². The fraction of sp³-hybridized carbons (Fsp3) is 0.304. The fourth-order valence-electron chi connectivity index (χ4n) is 3.60. The van der Waals surface area contributed by atoms with E-state index >= 15 is 0 Å². The molecule has 0 aliphatic heterocycles. The molecule has 142 valence electrons. The molecule has 4 rings (SSSR count). The zero-order valence-corrected chi connectivity index (χ0v) is 16.3. The van der Waals surface area contributed by atoms with Crippen LogP contribution in [0.1, 0.15) is 56.6 Å². The maximum atomic E-state index is 12.7. The van der Waals surface area contributed by atoms with Gasteiger partial charge in [-0.25, -0.2) is 14.8 Å². The number of ether oxygens (including phenoxy) is 1. The number of ketones is 1. The lowest BCUT2D eigenvalue weighted by atomic mass is 10.0. The van der Waals surface area contributed by atoms with Crippen molar-refractivity contribution in [1.29, 1.82) is 0 Å². The number of carbonyl (C=O) groups is 2. The molecule has 1 aliphatic carbocycles. The zero-order valence-electron chi connectivity index (χ0n) is 16.3. The lowest BCUT2D eigenvalue weighted by molar-refractivity contribution is 0.0319. The van der Waals surface area contributed by atoms with Crippen LogP contribution >= 0.6 is 0 Å². The summed E-state index contributed by atoms with van der Waals surface area (Å²) >= 11 is 0. The third-order valence-corrected chi connectivity index (χ3v) is 5.35. The summed E-state index contributed by atoms with van der Waals surface area (Å²) in [4.78, 5) is 34.2. The molecule has 1 aromatic heterocycles. The minimum atomic E-state index is -0.853. The fourth-order valence-corrected chi connectivity index (χ4v) is 3.60. The number of hydrogen-bond acceptors (Lipinski definition) is 5. The summed E-state index contributed by atoms with van der Waals surface area (Å²) in [5.41, 5.74) is 6.52. The highest BCUT2D eigenvalue weighted by molar-refractivity contribution is 6.02. The van der Waals surface area contributed by atoms with Crippen molar-refractivity contribution in [3.63, 3.8) is 0 Å². The molecule has 1 aliphatic rings. The van der Waals surface area contributed by atoms with Crippen molar-refractivity contribution in [2.24, 2.45) is 0 Å². The van der Waals surface area contributed by atoms with Gasteiger partial charge in [-0.15, -0.1) is 0 Å². The van der Waals surface area contributed by atoms with Gasteiger partial charge in [-0.2, -0.15) is 0 Å². The molecule has 3 aromatic rings. The summed E-state index contributed by atoms with van der Waals surface area (Å²) in [5.74, 6) is -0.723. The first-order chi connectivity index (χ1) is 13.4. The van der Waals surface area contributed by atoms with Crippen molar-refractivity contribution in [3.05, 3.63) is 70.0 Å². The molecule has 5 nitrogen and oxygen atoms in total. The van der Waals surface area contributed by atoms with E-state index in [1.165, 1.54) is 11.1 Å². The molecule has 28 heavy (non-hydrogen) atoms. The Kier molecular flexibility index (Phi) is 4.67. The molecule has 0 spiro atoms. The molecule has 0 amide bonds. The summed E-state index contributed by atoms with van der Waals surface area (Å²) < 4.78 is 5.44. The van der Waals surface area contributed by atoms with Gasteiger partial charge in [-0.1, -0.05) is 12.1 Å². The van der Waals surface area contributed by atoms with E-state index < -0.39 is 12.1 Å². The molecule has 5 heteroatoms. The second-order valence-electron chi connectivity index (χ2n) is 7.35. The monoisotopic (exact) mass is 374 g/mol. The number of aryl methyl sites for hydroxylation is 4. The molecular weight excluding hydrogens is 352 g/mol. The molecule has 1 heterocycles. The Balaban J connectivity index is 1.51. The molecule has 0 unspecified atom stereocenters. The van der Waals surface area contributed by atoms with Gasteiger partial charge in [0.2, 0.25) is 5.78 Å². The van der Waals surface area contributed by atoms with Crippen LogP contribution in [0.15, 0.2) is 36.4 Å². The lowest BCUT2D eigenvalue weighted by Gasteiger charge is -2.13. The predicted octanol–water partition coefficient (Wildman–Crippen LogP) is 4.16. The molecule has 0 N–H and O–H groups in total. The van der Waals surface area contributed by atoms with Crippen molar-refractivity contribution in [3.8, 4) is 0 Å². The highest BCUT2D eigenvalue weighted by Gasteiger charge is 2.22. The van der Waals surface area contributed by atoms with Crippen LogP contribution in [0.3, 0.4) is 0 Å². The van der Waals surface area contributed by atoms with Crippen LogP contribution in [-0.2, 0) is 17.6 Å². The number of esters is 1. The number of carbonyl (C=O) groups excluding carboxylic acids is 2. The van der Waals surface area contributed by atoms with Crippen molar-refractivity contribution in [2.75, 3.05) is 0 Å². The Morgan fingerprint density at radius 2 is 1.57 bits per heavy atom. The molecule has 0 saturated carbocycles. The highest BCUT2D eigenvalue weighted by Crippen LogP contribution is 2.24. The average molecular weight is 374 g/mol. The summed E-state index contributed by atoms with van der Waals surface area (Å²) in [6.45, 7) is 5.39. The third kappa shape index (κ3) is 3.40. The van der Waals surface area contributed by atoms with Gasteiger partial charge in [0, 0.05) is 5.56 Å². The number of fused-ring (bicyclic) bond motifs is 2. The van der Waals surface area contributed by atoms with Crippen LogP contribution < -0.4 is 0 Å². The first-order valence-electron chi connectivity index (χ1n) is 9.54. The van der Waals surface area contributed by atoms with Gasteiger partial charge in [0.1, 0.15) is 0 Å². The Morgan fingerprint density at radius 3 is 2.36 bits per heavy atom. The summed E-state index contributed by atoms with van der Waals surface area (Å²) in [7, 11) is 0. The van der Waals surface area contributed by atoms with E-state index in [9.17, 15) is 9.59 Å². The van der Waals surface area contributed by atoms with Gasteiger partial charge in [0.05, 0.1) is 28.0 Å². The second-order valence-corrected chi connectivity index (χ2v) is 7.35. The van der Waals surface area contributed by atoms with Crippen LogP contribution in [-0.4, -0.2) is 27.8 Å². The third-order valence-electron chi connectivity index (χ3n) is 5.35. The zero-order chi connectivity index (χ0) is 19.8. The lowest BCUT2D eigenvalue weighted by Crippen LogP contribution is -2.24. The quantitative estimate of drug-likeness (QED) is 0.506. The Morgan fingerprint density at radius 1 is 0.893 bits per heavy atom. The number of nitrogens with zero attached hydrogens (tertiary/aromatic N) is 2. The van der Waals surface area contributed by atoms with Gasteiger partial charge in [-0.05, 0) is 75.4 Å². The van der Waals surface area contributed by atoms with Crippen molar-refractivity contribution in [1.82, 2.24) is 9.97 Å². The number of Topliss-reactive ketones (excluding diaryl/α,β-unsaturated/α-hetero) is 1. The van der Waals surface area contributed by atoms with Gasteiger partial charge in [-0.3, -0.25) is 4.79 Å². The summed E-state index contributed by atoms with van der Waals surface area (Å²) in [6, 6.07) is 10.8. The number of benzene rings is 2. The average Bonchev–Trinajstić information content (AvgIpc) is 3.15. The minimum absolute atomic E-state index is 0.185. The topological polar surface area (TPSA) is 69.2 Å². The summed E-state index contributed by atoms with van der Waals surface area (Å²) in [6.07, 6.45) is 2.34. The normalized spacial score (nSPS) is 14.0. The van der Waals surface area contributed by atoms with Crippen LogP contribution in [0.2, 0.25) is 0 Å². The van der Waals surface area contributed by atoms with E-state index in [1.54, 1.807) is 25.1 Å². The van der Waals surface area contributed by atoms with Gasteiger partial charge >= 0.3 is 5.97 Å². The Hall–Kier alpha value is -3.08. The van der Waals surface area contributed by atoms with Crippen molar-refractivity contribution < 1.29 is 14.3 Å². The Labute approximate surface area is 163 Å². The molecule has 0 radical (unpaired) electrons. The number of aromatic nitrogens is 2. The Bertz CT molecular complexity index is 1100. The van der Waals surface area contributed by atoms with E-state index in [4.69, 9.17) is 4.74 Å². The predicted molar refractivity (Wildman–Crippen MR) is 107 cm³/mol. The first-order valence-corrected chi connectivity index (χ1v) is 9.54. The van der Waals surface area contributed by atoms with E-state index in [0.29, 0.717) is 16.6 Å². The molecular formula is C23H22N2O3. The van der Waals surface area contributed by atoms with Crippen LogP contribution in [0, 0.1) is 13.8 Å². The van der Waals surface area contributed by atoms with Gasteiger partial charge < -0.3 is 4.74 Å². The molecule has 2 aromatic carbocycles. The van der Waals surface area contributed by atoms with Crippen LogP contribution in [0.5, 0.6) is 0 Å². The largest absolute Gasteiger partial charge is 0.451 e. The SMILES string of the molecule is Cc1nc2ccc(C(=O)O[C@@H](C)C(=O)c3ccc4c(c3)CCC4)cc2nc1C. The standard InChI is InChI=1S/C23H22N2O3/c1-13-14(2)25-21-12-19(9-10-20(21)24-13)23(27)28-15(3)22(26)18-8-7-16-5-4-6-17(16)11-18/h7-12,15H,4-6H2,1-3H3/t15-/m0/s1. The van der Waals surface area contributed by atoms with Crippen LogP contribution in [0.4, 0.5) is 0 Å².